The van der Waals surface area contributed by atoms with Crippen molar-refractivity contribution >= 4 is 26.0 Å². The Morgan fingerprint density at radius 3 is 1.65 bits per heavy atom. The van der Waals surface area contributed by atoms with E-state index in [-0.39, 0.29) is 0 Å². The minimum Gasteiger partial charge on any atom is -0.497 e. The van der Waals surface area contributed by atoms with Crippen molar-refractivity contribution in [3.63, 3.8) is 0 Å². The Balaban J connectivity index is 2.18. The van der Waals surface area contributed by atoms with E-state index >= 15 is 0 Å². The highest BCUT2D eigenvalue weighted by Gasteiger charge is 2.11. The number of methoxy groups -OCH3 is 1. The van der Waals surface area contributed by atoms with E-state index in [9.17, 15) is 0 Å². The molecule has 0 radical (unpaired) electrons. The number of hydrogen-bond acceptors (Lipinski definition) is 1. The lowest BCUT2D eigenvalue weighted by Gasteiger charge is -2.13. The highest BCUT2D eigenvalue weighted by atomic mass is 79.9. The van der Waals surface area contributed by atoms with E-state index in [1.807, 2.05) is 36.4 Å². The van der Waals surface area contributed by atoms with Gasteiger partial charge in [0.05, 0.1) is 7.11 Å². The zero-order valence-electron chi connectivity index (χ0n) is 12.9. The molecule has 3 rings (SSSR count). The molecule has 0 bridgehead atoms. The summed E-state index contributed by atoms with van der Waals surface area (Å²) in [5, 5.41) is 0. The van der Waals surface area contributed by atoms with Crippen LogP contribution in [0.4, 0.5) is 0 Å². The van der Waals surface area contributed by atoms with Crippen LogP contribution < -0.4 is 4.74 Å². The molecular formula is C21H17BrO. The molecule has 0 amide bonds. The van der Waals surface area contributed by atoms with Crippen LogP contribution in [0.25, 0.3) is 10.1 Å². The van der Waals surface area contributed by atoms with E-state index in [1.165, 1.54) is 11.1 Å². The lowest BCUT2D eigenvalue weighted by atomic mass is 9.95. The SMILES string of the molecule is COc1ccc(/C(=C(\Br)c2ccccc2)c2ccccc2)cc1. The van der Waals surface area contributed by atoms with Gasteiger partial charge >= 0.3 is 0 Å². The molecule has 23 heavy (non-hydrogen) atoms. The fourth-order valence-electron chi connectivity index (χ4n) is 2.51. The standard InChI is InChI=1S/C21H17BrO/c1-23-19-14-12-17(13-15-19)20(16-8-4-2-5-9-16)21(22)18-10-6-3-7-11-18/h2-15H,1H3/b21-20-. The second kappa shape index (κ2) is 7.30. The molecule has 0 aliphatic rings. The minimum atomic E-state index is 0.858. The predicted octanol–water partition coefficient (Wildman–Crippen LogP) is 6.01. The largest absolute Gasteiger partial charge is 0.497 e. The molecule has 0 spiro atoms. The van der Waals surface area contributed by atoms with Crippen molar-refractivity contribution in [3.05, 3.63) is 102 Å². The molecule has 2 heteroatoms. The number of ether oxygens (including phenoxy) is 1. The molecule has 0 aliphatic heterocycles. The maximum atomic E-state index is 5.27. The minimum absolute atomic E-state index is 0.858. The van der Waals surface area contributed by atoms with Crippen molar-refractivity contribution in [1.82, 2.24) is 0 Å². The highest BCUT2D eigenvalue weighted by molar-refractivity contribution is 9.15. The van der Waals surface area contributed by atoms with E-state index in [0.29, 0.717) is 0 Å². The van der Waals surface area contributed by atoms with Crippen molar-refractivity contribution in [2.24, 2.45) is 0 Å². The fourth-order valence-corrected chi connectivity index (χ4v) is 3.23. The Morgan fingerprint density at radius 1 is 0.652 bits per heavy atom. The van der Waals surface area contributed by atoms with Crippen LogP contribution in [-0.4, -0.2) is 7.11 Å². The Labute approximate surface area is 145 Å². The summed E-state index contributed by atoms with van der Waals surface area (Å²) < 4.78 is 6.35. The van der Waals surface area contributed by atoms with Gasteiger partial charge in [-0.15, -0.1) is 0 Å². The number of halogens is 1. The number of hydrogen-bond donors (Lipinski definition) is 0. The summed E-state index contributed by atoms with van der Waals surface area (Å²) >= 11 is 3.81. The molecule has 0 aliphatic carbocycles. The smallest absolute Gasteiger partial charge is 0.118 e. The molecule has 0 fully saturated rings. The van der Waals surface area contributed by atoms with Gasteiger partial charge in [-0.25, -0.2) is 0 Å². The van der Waals surface area contributed by atoms with Gasteiger partial charge in [0.1, 0.15) is 5.75 Å². The van der Waals surface area contributed by atoms with Gasteiger partial charge in [0, 0.05) is 10.1 Å². The van der Waals surface area contributed by atoms with Crippen LogP contribution in [0.5, 0.6) is 5.75 Å². The first-order valence-corrected chi connectivity index (χ1v) is 8.24. The summed E-state index contributed by atoms with van der Waals surface area (Å²) in [5.74, 6) is 0.858. The maximum Gasteiger partial charge on any atom is 0.118 e. The summed E-state index contributed by atoms with van der Waals surface area (Å²) in [4.78, 5) is 0. The first-order chi connectivity index (χ1) is 11.3. The normalized spacial score (nSPS) is 11.7. The lowest BCUT2D eigenvalue weighted by molar-refractivity contribution is 0.415. The number of benzene rings is 3. The predicted molar refractivity (Wildman–Crippen MR) is 101 cm³/mol. The van der Waals surface area contributed by atoms with Crippen LogP contribution in [0.2, 0.25) is 0 Å². The van der Waals surface area contributed by atoms with E-state index in [0.717, 1.165) is 21.4 Å². The van der Waals surface area contributed by atoms with Gasteiger partial charge < -0.3 is 4.74 Å². The third-order valence-electron chi connectivity index (χ3n) is 3.69. The molecular weight excluding hydrogens is 348 g/mol. The van der Waals surface area contributed by atoms with E-state index in [1.54, 1.807) is 7.11 Å². The average Bonchev–Trinajstić information content (AvgIpc) is 2.64. The van der Waals surface area contributed by atoms with Crippen LogP contribution in [0.15, 0.2) is 84.9 Å². The Kier molecular flexibility index (Phi) is 4.94. The third kappa shape index (κ3) is 3.54. The Morgan fingerprint density at radius 2 is 1.13 bits per heavy atom. The lowest BCUT2D eigenvalue weighted by Crippen LogP contribution is -1.92. The van der Waals surface area contributed by atoms with Gasteiger partial charge in [-0.3, -0.25) is 0 Å². The van der Waals surface area contributed by atoms with Crippen LogP contribution in [0.3, 0.4) is 0 Å². The summed E-state index contributed by atoms with van der Waals surface area (Å²) in [6.45, 7) is 0. The summed E-state index contributed by atoms with van der Waals surface area (Å²) in [5.41, 5.74) is 4.64. The van der Waals surface area contributed by atoms with Gasteiger partial charge in [0.2, 0.25) is 0 Å². The second-order valence-electron chi connectivity index (χ2n) is 5.15. The second-order valence-corrected chi connectivity index (χ2v) is 5.94. The van der Waals surface area contributed by atoms with Crippen molar-refractivity contribution in [2.45, 2.75) is 0 Å². The zero-order valence-corrected chi connectivity index (χ0v) is 14.5. The first kappa shape index (κ1) is 15.6. The Hall–Kier alpha value is -2.32. The van der Waals surface area contributed by atoms with Crippen molar-refractivity contribution in [1.29, 1.82) is 0 Å². The molecule has 1 nitrogen and oxygen atoms in total. The molecule has 0 atom stereocenters. The molecule has 0 unspecified atom stereocenters. The Bertz CT molecular complexity index is 790. The first-order valence-electron chi connectivity index (χ1n) is 7.44. The highest BCUT2D eigenvalue weighted by Crippen LogP contribution is 2.36. The molecule has 0 N–H and O–H groups in total. The van der Waals surface area contributed by atoms with Crippen LogP contribution in [0, 0.1) is 0 Å². The molecule has 3 aromatic rings. The quantitative estimate of drug-likeness (QED) is 0.515. The molecule has 0 heterocycles. The third-order valence-corrected chi connectivity index (χ3v) is 4.54. The van der Waals surface area contributed by atoms with Gasteiger partial charge in [-0.2, -0.15) is 0 Å². The van der Waals surface area contributed by atoms with Crippen LogP contribution in [0.1, 0.15) is 16.7 Å². The molecule has 3 aromatic carbocycles. The molecule has 0 saturated carbocycles. The molecule has 0 aromatic heterocycles. The van der Waals surface area contributed by atoms with Gasteiger partial charge in [-0.1, -0.05) is 72.8 Å². The summed E-state index contributed by atoms with van der Waals surface area (Å²) in [6, 6.07) is 28.9. The monoisotopic (exact) mass is 364 g/mol. The van der Waals surface area contributed by atoms with Crippen LogP contribution in [-0.2, 0) is 0 Å². The van der Waals surface area contributed by atoms with E-state index in [2.05, 4.69) is 64.5 Å². The zero-order chi connectivity index (χ0) is 16.1. The van der Waals surface area contributed by atoms with E-state index in [4.69, 9.17) is 4.74 Å². The van der Waals surface area contributed by atoms with E-state index < -0.39 is 0 Å². The van der Waals surface area contributed by atoms with Crippen molar-refractivity contribution < 1.29 is 4.74 Å². The molecule has 0 saturated heterocycles. The topological polar surface area (TPSA) is 9.23 Å². The average molecular weight is 365 g/mol. The summed E-state index contributed by atoms with van der Waals surface area (Å²) in [7, 11) is 1.68. The summed E-state index contributed by atoms with van der Waals surface area (Å²) in [6.07, 6.45) is 0. The van der Waals surface area contributed by atoms with Gasteiger partial charge in [0.25, 0.3) is 0 Å². The van der Waals surface area contributed by atoms with Crippen molar-refractivity contribution in [3.8, 4) is 5.75 Å². The van der Waals surface area contributed by atoms with Gasteiger partial charge in [-0.05, 0) is 44.8 Å². The number of rotatable bonds is 4. The fraction of sp³-hybridized carbons (Fsp3) is 0.0476. The molecule has 114 valence electrons. The van der Waals surface area contributed by atoms with Gasteiger partial charge in [0.15, 0.2) is 0 Å². The van der Waals surface area contributed by atoms with Crippen LogP contribution >= 0.6 is 15.9 Å². The van der Waals surface area contributed by atoms with Crippen molar-refractivity contribution in [2.75, 3.05) is 7.11 Å². The maximum absolute atomic E-state index is 5.27.